The van der Waals surface area contributed by atoms with Crippen molar-refractivity contribution >= 4 is 21.5 Å². The second kappa shape index (κ2) is 5.22. The Morgan fingerprint density at radius 3 is 2.56 bits per heavy atom. The molecule has 0 spiro atoms. The van der Waals surface area contributed by atoms with Gasteiger partial charge in [-0.25, -0.2) is 4.98 Å². The highest BCUT2D eigenvalue weighted by atomic mass is 32.2. The van der Waals surface area contributed by atoms with Crippen molar-refractivity contribution in [1.29, 1.82) is 0 Å². The summed E-state index contributed by atoms with van der Waals surface area (Å²) in [6, 6.07) is 0. The van der Waals surface area contributed by atoms with Crippen molar-refractivity contribution in [3.63, 3.8) is 0 Å². The van der Waals surface area contributed by atoms with Crippen LogP contribution in [0.2, 0.25) is 0 Å². The fourth-order valence-corrected chi connectivity index (χ4v) is 2.39. The number of rotatable bonds is 5. The summed E-state index contributed by atoms with van der Waals surface area (Å²) in [5, 5.41) is 2.91. The first-order valence-corrected chi connectivity index (χ1v) is 7.26. The maximum atomic E-state index is 11.4. The lowest BCUT2D eigenvalue weighted by Gasteiger charge is -2.11. The average molecular weight is 263 g/mol. The molecule has 0 aliphatic carbocycles. The van der Waals surface area contributed by atoms with E-state index < -0.39 is 10.2 Å². The molecule has 0 unspecified atom stereocenters. The fourth-order valence-electron chi connectivity index (χ4n) is 0.963. The molecule has 1 N–H and O–H groups in total. The molecule has 0 bridgehead atoms. The van der Waals surface area contributed by atoms with E-state index >= 15 is 0 Å². The molecule has 0 fully saturated rings. The summed E-state index contributed by atoms with van der Waals surface area (Å²) in [5.74, 6) is 0.379. The van der Waals surface area contributed by atoms with Crippen molar-refractivity contribution in [2.45, 2.75) is 26.3 Å². The second-order valence-electron chi connectivity index (χ2n) is 3.94. The average Bonchev–Trinajstić information content (AvgIpc) is 2.63. The van der Waals surface area contributed by atoms with Gasteiger partial charge < -0.3 is 0 Å². The van der Waals surface area contributed by atoms with E-state index in [9.17, 15) is 8.42 Å². The Morgan fingerprint density at radius 2 is 2.12 bits per heavy atom. The Kier molecular flexibility index (Phi) is 4.43. The van der Waals surface area contributed by atoms with Crippen LogP contribution in [0.1, 0.15) is 30.5 Å². The predicted molar refractivity (Wildman–Crippen MR) is 65.6 cm³/mol. The van der Waals surface area contributed by atoms with Gasteiger partial charge in [-0.05, 0) is 0 Å². The van der Waals surface area contributed by atoms with Crippen molar-refractivity contribution < 1.29 is 8.42 Å². The first kappa shape index (κ1) is 13.6. The van der Waals surface area contributed by atoms with Crippen molar-refractivity contribution in [3.8, 4) is 0 Å². The van der Waals surface area contributed by atoms with Gasteiger partial charge in [0.2, 0.25) is 0 Å². The van der Waals surface area contributed by atoms with Crippen LogP contribution in [0.15, 0.2) is 5.38 Å². The minimum Gasteiger partial charge on any atom is -0.245 e. The van der Waals surface area contributed by atoms with Gasteiger partial charge in [0.05, 0.1) is 17.2 Å². The molecule has 0 saturated heterocycles. The number of thiazole rings is 1. The summed E-state index contributed by atoms with van der Waals surface area (Å²) in [6.45, 7) is 4.36. The lowest BCUT2D eigenvalue weighted by molar-refractivity contribution is 0.504. The molecule has 0 atom stereocenters. The van der Waals surface area contributed by atoms with E-state index in [0.717, 1.165) is 15.0 Å². The zero-order valence-corrected chi connectivity index (χ0v) is 11.5. The standard InChI is InChI=1S/C9H17N3O2S2/c1-7(2)9-11-8(6-15-9)5-10-16(13,14)12(3)4/h6-7,10H,5H2,1-4H3. The minimum atomic E-state index is -3.36. The molecule has 7 heteroatoms. The zero-order valence-electron chi connectivity index (χ0n) is 9.89. The van der Waals surface area contributed by atoms with Gasteiger partial charge in [0, 0.05) is 25.4 Å². The maximum absolute atomic E-state index is 11.4. The minimum absolute atomic E-state index is 0.240. The van der Waals surface area contributed by atoms with Crippen LogP contribution in [0, 0.1) is 0 Å². The van der Waals surface area contributed by atoms with E-state index in [-0.39, 0.29) is 6.54 Å². The molecule has 0 aliphatic rings. The number of nitrogens with one attached hydrogen (secondary N) is 1. The smallest absolute Gasteiger partial charge is 0.245 e. The number of nitrogens with zero attached hydrogens (tertiary/aromatic N) is 2. The van der Waals surface area contributed by atoms with Crippen molar-refractivity contribution in [3.05, 3.63) is 16.1 Å². The van der Waals surface area contributed by atoms with Crippen LogP contribution in [0.25, 0.3) is 0 Å². The number of hydrogen-bond donors (Lipinski definition) is 1. The van der Waals surface area contributed by atoms with Crippen LogP contribution in [0.3, 0.4) is 0 Å². The third kappa shape index (κ3) is 3.51. The van der Waals surface area contributed by atoms with Gasteiger partial charge in [0.1, 0.15) is 0 Å². The van der Waals surface area contributed by atoms with Gasteiger partial charge in [-0.1, -0.05) is 13.8 Å². The fraction of sp³-hybridized carbons (Fsp3) is 0.667. The lowest BCUT2D eigenvalue weighted by Crippen LogP contribution is -2.35. The summed E-state index contributed by atoms with van der Waals surface area (Å²) in [4.78, 5) is 4.35. The largest absolute Gasteiger partial charge is 0.279 e. The molecule has 0 amide bonds. The normalized spacial score (nSPS) is 12.6. The molecule has 0 saturated carbocycles. The third-order valence-electron chi connectivity index (χ3n) is 1.98. The molecular formula is C9H17N3O2S2. The molecule has 5 nitrogen and oxygen atoms in total. The van der Waals surface area contributed by atoms with Crippen LogP contribution >= 0.6 is 11.3 Å². The van der Waals surface area contributed by atoms with Gasteiger partial charge >= 0.3 is 0 Å². The van der Waals surface area contributed by atoms with Gasteiger partial charge in [0.25, 0.3) is 10.2 Å². The van der Waals surface area contributed by atoms with E-state index in [1.807, 2.05) is 5.38 Å². The lowest BCUT2D eigenvalue weighted by atomic mass is 10.2. The summed E-state index contributed by atoms with van der Waals surface area (Å²) < 4.78 is 26.5. The van der Waals surface area contributed by atoms with Crippen LogP contribution in [0.5, 0.6) is 0 Å². The molecule has 1 heterocycles. The molecule has 0 aliphatic heterocycles. The quantitative estimate of drug-likeness (QED) is 0.867. The Hall–Kier alpha value is -0.500. The predicted octanol–water partition coefficient (Wildman–Crippen LogP) is 1.16. The Balaban J connectivity index is 2.62. The van der Waals surface area contributed by atoms with E-state index in [1.54, 1.807) is 11.3 Å². The SMILES string of the molecule is CC(C)c1nc(CNS(=O)(=O)N(C)C)cs1. The van der Waals surface area contributed by atoms with E-state index in [2.05, 4.69) is 23.6 Å². The van der Waals surface area contributed by atoms with E-state index in [4.69, 9.17) is 0 Å². The number of aromatic nitrogens is 1. The van der Waals surface area contributed by atoms with Gasteiger partial charge in [-0.3, -0.25) is 0 Å². The van der Waals surface area contributed by atoms with Crippen LogP contribution in [-0.4, -0.2) is 31.8 Å². The first-order chi connectivity index (χ1) is 7.33. The molecule has 0 radical (unpaired) electrons. The Bertz CT molecular complexity index is 437. The van der Waals surface area contributed by atoms with Crippen molar-refractivity contribution in [2.24, 2.45) is 0 Å². The van der Waals surface area contributed by atoms with Gasteiger partial charge in [0.15, 0.2) is 0 Å². The van der Waals surface area contributed by atoms with Crippen molar-refractivity contribution in [2.75, 3.05) is 14.1 Å². The maximum Gasteiger partial charge on any atom is 0.279 e. The highest BCUT2D eigenvalue weighted by molar-refractivity contribution is 7.87. The Morgan fingerprint density at radius 1 is 1.50 bits per heavy atom. The third-order valence-corrected chi connectivity index (χ3v) is 4.64. The summed E-state index contributed by atoms with van der Waals surface area (Å²) in [5.41, 5.74) is 0.763. The van der Waals surface area contributed by atoms with Gasteiger partial charge in [-0.2, -0.15) is 17.4 Å². The molecule has 1 aromatic rings. The number of hydrogen-bond acceptors (Lipinski definition) is 4. The summed E-state index contributed by atoms with van der Waals surface area (Å²) in [6.07, 6.45) is 0. The molecule has 16 heavy (non-hydrogen) atoms. The topological polar surface area (TPSA) is 62.3 Å². The molecule has 1 aromatic heterocycles. The molecular weight excluding hydrogens is 246 g/mol. The summed E-state index contributed by atoms with van der Waals surface area (Å²) in [7, 11) is -0.381. The van der Waals surface area contributed by atoms with E-state index in [0.29, 0.717) is 5.92 Å². The van der Waals surface area contributed by atoms with Crippen molar-refractivity contribution in [1.82, 2.24) is 14.0 Å². The second-order valence-corrected chi connectivity index (χ2v) is 6.80. The monoisotopic (exact) mass is 263 g/mol. The molecule has 92 valence electrons. The van der Waals surface area contributed by atoms with Crippen LogP contribution in [0.4, 0.5) is 0 Å². The molecule has 0 aromatic carbocycles. The summed E-state index contributed by atoms with van der Waals surface area (Å²) >= 11 is 1.56. The van der Waals surface area contributed by atoms with Gasteiger partial charge in [-0.15, -0.1) is 11.3 Å². The first-order valence-electron chi connectivity index (χ1n) is 4.94. The Labute approximate surface area is 101 Å². The van der Waals surface area contributed by atoms with Crippen LogP contribution in [-0.2, 0) is 16.8 Å². The highest BCUT2D eigenvalue weighted by Crippen LogP contribution is 2.18. The highest BCUT2D eigenvalue weighted by Gasteiger charge is 2.13. The van der Waals surface area contributed by atoms with Crippen LogP contribution < -0.4 is 4.72 Å². The molecule has 1 rings (SSSR count). The van der Waals surface area contributed by atoms with E-state index in [1.165, 1.54) is 14.1 Å². The zero-order chi connectivity index (χ0) is 12.3.